The van der Waals surface area contributed by atoms with E-state index in [-0.39, 0.29) is 18.6 Å². The van der Waals surface area contributed by atoms with E-state index in [4.69, 9.17) is 4.74 Å². The van der Waals surface area contributed by atoms with Crippen molar-refractivity contribution in [3.8, 4) is 22.6 Å². The summed E-state index contributed by atoms with van der Waals surface area (Å²) in [5.41, 5.74) is 3.25. The SMILES string of the molecule is O=C(COc1cccc(-c2ccccc2)c1)NC1CCN(Cc2ccn(-c3ccc(C(F)(F)F)cc3)c2)CC1. The normalized spacial score (nSPS) is 14.7. The fourth-order valence-electron chi connectivity index (χ4n) is 4.83. The molecule has 0 atom stereocenters. The number of likely N-dealkylation sites (tertiary alicyclic amines) is 1. The zero-order chi connectivity index (χ0) is 27.2. The first kappa shape index (κ1) is 26.6. The van der Waals surface area contributed by atoms with Gasteiger partial charge in [0.05, 0.1) is 5.56 Å². The van der Waals surface area contributed by atoms with Crippen molar-refractivity contribution in [1.82, 2.24) is 14.8 Å². The highest BCUT2D eigenvalue weighted by Crippen LogP contribution is 2.30. The van der Waals surface area contributed by atoms with Gasteiger partial charge in [-0.1, -0.05) is 42.5 Å². The van der Waals surface area contributed by atoms with Gasteiger partial charge >= 0.3 is 6.18 Å². The maximum Gasteiger partial charge on any atom is 0.416 e. The molecule has 3 aromatic carbocycles. The number of aromatic nitrogens is 1. The Morgan fingerprint density at radius 1 is 0.897 bits per heavy atom. The number of benzene rings is 3. The molecule has 4 aromatic rings. The molecule has 39 heavy (non-hydrogen) atoms. The van der Waals surface area contributed by atoms with Crippen LogP contribution < -0.4 is 10.1 Å². The Labute approximate surface area is 225 Å². The quantitative estimate of drug-likeness (QED) is 0.288. The van der Waals surface area contributed by atoms with Crippen molar-refractivity contribution in [3.05, 3.63) is 108 Å². The number of halogens is 3. The van der Waals surface area contributed by atoms with Gasteiger partial charge < -0.3 is 14.6 Å². The summed E-state index contributed by atoms with van der Waals surface area (Å²) in [6.45, 7) is 2.40. The lowest BCUT2D eigenvalue weighted by Gasteiger charge is -2.32. The molecule has 1 amide bonds. The number of alkyl halides is 3. The lowest BCUT2D eigenvalue weighted by molar-refractivity contribution is -0.137. The largest absolute Gasteiger partial charge is 0.484 e. The van der Waals surface area contributed by atoms with Gasteiger partial charge in [-0.05, 0) is 72.0 Å². The van der Waals surface area contributed by atoms with E-state index >= 15 is 0 Å². The number of nitrogens with zero attached hydrogens (tertiary/aromatic N) is 2. The molecule has 0 unspecified atom stereocenters. The fraction of sp³-hybridized carbons (Fsp3) is 0.258. The van der Waals surface area contributed by atoms with E-state index in [2.05, 4.69) is 10.2 Å². The summed E-state index contributed by atoms with van der Waals surface area (Å²) < 4.78 is 46.0. The highest BCUT2D eigenvalue weighted by molar-refractivity contribution is 5.78. The van der Waals surface area contributed by atoms with Crippen molar-refractivity contribution in [3.63, 3.8) is 0 Å². The Bertz CT molecular complexity index is 1380. The van der Waals surface area contributed by atoms with Crippen molar-refractivity contribution in [2.24, 2.45) is 0 Å². The lowest BCUT2D eigenvalue weighted by atomic mass is 10.0. The van der Waals surface area contributed by atoms with Crippen LogP contribution in [0.5, 0.6) is 5.75 Å². The van der Waals surface area contributed by atoms with Gasteiger partial charge in [-0.2, -0.15) is 13.2 Å². The Morgan fingerprint density at radius 3 is 2.33 bits per heavy atom. The first-order valence-corrected chi connectivity index (χ1v) is 13.0. The molecule has 5 nitrogen and oxygen atoms in total. The average molecular weight is 534 g/mol. The minimum Gasteiger partial charge on any atom is -0.484 e. The second kappa shape index (κ2) is 11.8. The lowest BCUT2D eigenvalue weighted by Crippen LogP contribution is -2.45. The molecule has 0 bridgehead atoms. The first-order valence-electron chi connectivity index (χ1n) is 13.0. The van der Waals surface area contributed by atoms with Crippen molar-refractivity contribution >= 4 is 5.91 Å². The van der Waals surface area contributed by atoms with E-state index in [1.807, 2.05) is 77.6 Å². The second-order valence-electron chi connectivity index (χ2n) is 9.77. The predicted molar refractivity (Wildman–Crippen MR) is 145 cm³/mol. The molecule has 1 aliphatic rings. The van der Waals surface area contributed by atoms with Crippen LogP contribution in [0.15, 0.2) is 97.3 Å². The number of hydrogen-bond acceptors (Lipinski definition) is 3. The third kappa shape index (κ3) is 7.09. The number of rotatable bonds is 8. The highest BCUT2D eigenvalue weighted by atomic mass is 19.4. The third-order valence-electron chi connectivity index (χ3n) is 6.92. The summed E-state index contributed by atoms with van der Waals surface area (Å²) in [6, 6.07) is 25.0. The van der Waals surface area contributed by atoms with Crippen LogP contribution in [0.1, 0.15) is 24.0 Å². The minimum absolute atomic E-state index is 0.0318. The molecule has 5 rings (SSSR count). The molecule has 0 aliphatic carbocycles. The molecule has 202 valence electrons. The van der Waals surface area contributed by atoms with Gasteiger partial charge in [-0.3, -0.25) is 9.69 Å². The first-order chi connectivity index (χ1) is 18.8. The summed E-state index contributed by atoms with van der Waals surface area (Å²) in [4.78, 5) is 14.8. The van der Waals surface area contributed by atoms with Crippen LogP contribution in [0.3, 0.4) is 0 Å². The Kier molecular flexibility index (Phi) is 8.02. The maximum atomic E-state index is 12.8. The van der Waals surface area contributed by atoms with Crippen molar-refractivity contribution < 1.29 is 22.7 Å². The second-order valence-corrected chi connectivity index (χ2v) is 9.77. The van der Waals surface area contributed by atoms with Crippen LogP contribution in [0.25, 0.3) is 16.8 Å². The minimum atomic E-state index is -4.34. The number of piperidine rings is 1. The van der Waals surface area contributed by atoms with Crippen LogP contribution in [-0.2, 0) is 17.5 Å². The van der Waals surface area contributed by atoms with E-state index in [0.717, 1.165) is 61.3 Å². The Morgan fingerprint density at radius 2 is 1.62 bits per heavy atom. The number of carbonyl (C=O) groups is 1. The zero-order valence-corrected chi connectivity index (χ0v) is 21.4. The molecule has 8 heteroatoms. The number of nitrogens with one attached hydrogen (secondary N) is 1. The monoisotopic (exact) mass is 533 g/mol. The van der Waals surface area contributed by atoms with E-state index in [9.17, 15) is 18.0 Å². The smallest absolute Gasteiger partial charge is 0.416 e. The maximum absolute atomic E-state index is 12.8. The van der Waals surface area contributed by atoms with Gasteiger partial charge in [0.15, 0.2) is 6.61 Å². The van der Waals surface area contributed by atoms with Gasteiger partial charge in [0.1, 0.15) is 5.75 Å². The highest BCUT2D eigenvalue weighted by Gasteiger charge is 2.30. The van der Waals surface area contributed by atoms with Crippen molar-refractivity contribution in [1.29, 1.82) is 0 Å². The molecule has 1 N–H and O–H groups in total. The molecule has 1 fully saturated rings. The van der Waals surface area contributed by atoms with Gasteiger partial charge in [-0.15, -0.1) is 0 Å². The van der Waals surface area contributed by atoms with Crippen LogP contribution >= 0.6 is 0 Å². The zero-order valence-electron chi connectivity index (χ0n) is 21.4. The molecule has 2 heterocycles. The third-order valence-corrected chi connectivity index (χ3v) is 6.92. The standard InChI is InChI=1S/C31H30F3N3O2/c32-31(33,34)26-9-11-28(12-10-26)37-18-13-23(21-37)20-36-16-14-27(15-17-36)35-30(38)22-39-29-8-4-7-25(19-29)24-5-2-1-3-6-24/h1-13,18-19,21,27H,14-17,20,22H2,(H,35,38). The fourth-order valence-corrected chi connectivity index (χ4v) is 4.83. The van der Waals surface area contributed by atoms with Gasteiger partial charge in [-0.25, -0.2) is 0 Å². The summed E-state index contributed by atoms with van der Waals surface area (Å²) in [7, 11) is 0. The van der Waals surface area contributed by atoms with E-state index in [1.54, 1.807) is 0 Å². The molecule has 1 aromatic heterocycles. The molecular formula is C31H30F3N3O2. The predicted octanol–water partition coefficient (Wildman–Crippen LogP) is 6.32. The summed E-state index contributed by atoms with van der Waals surface area (Å²) in [5, 5.41) is 3.09. The van der Waals surface area contributed by atoms with Crippen LogP contribution in [-0.4, -0.2) is 41.1 Å². The van der Waals surface area contributed by atoms with E-state index in [1.165, 1.54) is 12.1 Å². The van der Waals surface area contributed by atoms with Crippen LogP contribution in [0.4, 0.5) is 13.2 Å². The molecule has 0 radical (unpaired) electrons. The number of carbonyl (C=O) groups excluding carboxylic acids is 1. The van der Waals surface area contributed by atoms with Crippen molar-refractivity contribution in [2.75, 3.05) is 19.7 Å². The van der Waals surface area contributed by atoms with E-state index < -0.39 is 11.7 Å². The van der Waals surface area contributed by atoms with E-state index in [0.29, 0.717) is 11.4 Å². The van der Waals surface area contributed by atoms with Gasteiger partial charge in [0, 0.05) is 43.8 Å². The Hall–Kier alpha value is -4.04. The van der Waals surface area contributed by atoms with Crippen LogP contribution in [0, 0.1) is 0 Å². The number of ether oxygens (including phenoxy) is 1. The summed E-state index contributed by atoms with van der Waals surface area (Å²) in [6.07, 6.45) is 1.15. The van der Waals surface area contributed by atoms with Gasteiger partial charge in [0.25, 0.3) is 5.91 Å². The molecule has 0 spiro atoms. The van der Waals surface area contributed by atoms with Crippen LogP contribution in [0.2, 0.25) is 0 Å². The van der Waals surface area contributed by atoms with Crippen molar-refractivity contribution in [2.45, 2.75) is 31.6 Å². The molecular weight excluding hydrogens is 503 g/mol. The number of hydrogen-bond donors (Lipinski definition) is 1. The Balaban J connectivity index is 1.06. The number of amides is 1. The summed E-state index contributed by atoms with van der Waals surface area (Å²) >= 11 is 0. The summed E-state index contributed by atoms with van der Waals surface area (Å²) in [5.74, 6) is 0.525. The molecule has 1 saturated heterocycles. The average Bonchev–Trinajstić information content (AvgIpc) is 3.42. The topological polar surface area (TPSA) is 46.5 Å². The molecule has 0 saturated carbocycles. The van der Waals surface area contributed by atoms with Gasteiger partial charge in [0.2, 0.25) is 0 Å². The molecule has 1 aliphatic heterocycles.